The minimum absolute atomic E-state index is 0.183. The number of pyridine rings is 1. The Morgan fingerprint density at radius 3 is 2.88 bits per heavy atom. The van der Waals surface area contributed by atoms with Crippen molar-refractivity contribution < 1.29 is 14.3 Å². The average molecular weight is 238 g/mol. The second kappa shape index (κ2) is 5.23. The van der Waals surface area contributed by atoms with Crippen molar-refractivity contribution in [1.29, 1.82) is 0 Å². The molecule has 1 aromatic rings. The summed E-state index contributed by atoms with van der Waals surface area (Å²) in [5, 5.41) is 12.4. The second-order valence-electron chi connectivity index (χ2n) is 4.32. The van der Waals surface area contributed by atoms with Crippen LogP contribution in [0, 0.1) is 5.82 Å². The molecule has 1 fully saturated rings. The van der Waals surface area contributed by atoms with Gasteiger partial charge in [-0.05, 0) is 18.9 Å². The summed E-state index contributed by atoms with van der Waals surface area (Å²) in [6.45, 7) is 0. The molecular formula is C12H15FN2O2. The van der Waals surface area contributed by atoms with E-state index in [0.717, 1.165) is 31.5 Å². The van der Waals surface area contributed by atoms with E-state index in [1.165, 1.54) is 6.20 Å². The molecule has 2 atom stereocenters. The lowest BCUT2D eigenvalue weighted by molar-refractivity contribution is 0.0716. The molecule has 17 heavy (non-hydrogen) atoms. The molecule has 0 saturated heterocycles. The number of carbonyl (C=O) groups excluding carboxylic acids is 1. The van der Waals surface area contributed by atoms with Gasteiger partial charge in [0.1, 0.15) is 5.82 Å². The van der Waals surface area contributed by atoms with Crippen LogP contribution in [-0.4, -0.2) is 28.1 Å². The maximum Gasteiger partial charge on any atom is 0.253 e. The standard InChI is InChI=1S/C12H15FN2O2/c13-9-5-8(6-14-7-9)12(17)15-10-3-1-2-4-11(10)16/h5-7,10-11,16H,1-4H2,(H,15,17). The molecular weight excluding hydrogens is 223 g/mol. The number of aromatic nitrogens is 1. The van der Waals surface area contributed by atoms with E-state index in [1.807, 2.05) is 0 Å². The van der Waals surface area contributed by atoms with Crippen LogP contribution in [0.25, 0.3) is 0 Å². The van der Waals surface area contributed by atoms with Gasteiger partial charge in [-0.3, -0.25) is 9.78 Å². The first-order valence-electron chi connectivity index (χ1n) is 5.76. The van der Waals surface area contributed by atoms with Crippen LogP contribution in [0.2, 0.25) is 0 Å². The van der Waals surface area contributed by atoms with E-state index in [4.69, 9.17) is 0 Å². The van der Waals surface area contributed by atoms with Crippen LogP contribution in [0.3, 0.4) is 0 Å². The number of hydrogen-bond donors (Lipinski definition) is 2. The summed E-state index contributed by atoms with van der Waals surface area (Å²) in [7, 11) is 0. The van der Waals surface area contributed by atoms with Gasteiger partial charge in [-0.2, -0.15) is 0 Å². The fourth-order valence-corrected chi connectivity index (χ4v) is 2.07. The highest BCUT2D eigenvalue weighted by Crippen LogP contribution is 2.18. The lowest BCUT2D eigenvalue weighted by atomic mass is 9.92. The van der Waals surface area contributed by atoms with Gasteiger partial charge >= 0.3 is 0 Å². The Labute approximate surface area is 98.9 Å². The molecule has 1 saturated carbocycles. The molecule has 1 heterocycles. The van der Waals surface area contributed by atoms with Crippen LogP contribution in [0.15, 0.2) is 18.5 Å². The molecule has 1 aliphatic carbocycles. The van der Waals surface area contributed by atoms with E-state index in [2.05, 4.69) is 10.3 Å². The Morgan fingerprint density at radius 1 is 1.41 bits per heavy atom. The molecule has 2 unspecified atom stereocenters. The lowest BCUT2D eigenvalue weighted by Crippen LogP contribution is -2.45. The molecule has 1 aliphatic rings. The molecule has 1 amide bonds. The molecule has 0 bridgehead atoms. The summed E-state index contributed by atoms with van der Waals surface area (Å²) in [6.07, 6.45) is 5.29. The van der Waals surface area contributed by atoms with Crippen molar-refractivity contribution >= 4 is 5.91 Å². The van der Waals surface area contributed by atoms with Crippen LogP contribution in [0.5, 0.6) is 0 Å². The van der Waals surface area contributed by atoms with Crippen molar-refractivity contribution in [3.8, 4) is 0 Å². The highest BCUT2D eigenvalue weighted by molar-refractivity contribution is 5.94. The van der Waals surface area contributed by atoms with Crippen molar-refractivity contribution in [1.82, 2.24) is 10.3 Å². The summed E-state index contributed by atoms with van der Waals surface area (Å²) in [5.41, 5.74) is 0.183. The highest BCUT2D eigenvalue weighted by Gasteiger charge is 2.24. The van der Waals surface area contributed by atoms with E-state index < -0.39 is 11.9 Å². The van der Waals surface area contributed by atoms with Gasteiger partial charge in [-0.1, -0.05) is 12.8 Å². The number of aliphatic hydroxyl groups is 1. The number of amides is 1. The highest BCUT2D eigenvalue weighted by atomic mass is 19.1. The molecule has 1 aromatic heterocycles. The summed E-state index contributed by atoms with van der Waals surface area (Å²) >= 11 is 0. The van der Waals surface area contributed by atoms with Crippen LogP contribution in [0.4, 0.5) is 4.39 Å². The number of nitrogens with zero attached hydrogens (tertiary/aromatic N) is 1. The van der Waals surface area contributed by atoms with Gasteiger partial charge in [-0.25, -0.2) is 4.39 Å². The summed E-state index contributed by atoms with van der Waals surface area (Å²) in [6, 6.07) is 0.900. The van der Waals surface area contributed by atoms with Crippen molar-refractivity contribution in [3.05, 3.63) is 29.8 Å². The number of carbonyl (C=O) groups is 1. The maximum absolute atomic E-state index is 12.9. The Balaban J connectivity index is 2.01. The van der Waals surface area contributed by atoms with Crippen molar-refractivity contribution in [2.75, 3.05) is 0 Å². The van der Waals surface area contributed by atoms with Gasteiger partial charge in [0.2, 0.25) is 0 Å². The molecule has 5 heteroatoms. The quantitative estimate of drug-likeness (QED) is 0.815. The van der Waals surface area contributed by atoms with Gasteiger partial charge < -0.3 is 10.4 Å². The van der Waals surface area contributed by atoms with Crippen LogP contribution in [0.1, 0.15) is 36.0 Å². The number of halogens is 1. The van der Waals surface area contributed by atoms with Crippen molar-refractivity contribution in [2.24, 2.45) is 0 Å². The monoisotopic (exact) mass is 238 g/mol. The average Bonchev–Trinajstić information content (AvgIpc) is 2.32. The Hall–Kier alpha value is -1.49. The van der Waals surface area contributed by atoms with E-state index >= 15 is 0 Å². The maximum atomic E-state index is 12.9. The molecule has 4 nitrogen and oxygen atoms in total. The molecule has 0 spiro atoms. The van der Waals surface area contributed by atoms with Crippen LogP contribution in [-0.2, 0) is 0 Å². The molecule has 0 aliphatic heterocycles. The Kier molecular flexibility index (Phi) is 3.68. The number of hydrogen-bond acceptors (Lipinski definition) is 3. The van der Waals surface area contributed by atoms with Crippen molar-refractivity contribution in [2.45, 2.75) is 37.8 Å². The van der Waals surface area contributed by atoms with Gasteiger partial charge in [0.25, 0.3) is 5.91 Å². The van der Waals surface area contributed by atoms with Crippen LogP contribution >= 0.6 is 0 Å². The van der Waals surface area contributed by atoms with Crippen molar-refractivity contribution in [3.63, 3.8) is 0 Å². The Bertz CT molecular complexity index is 411. The largest absolute Gasteiger partial charge is 0.391 e. The third kappa shape index (κ3) is 3.00. The first-order chi connectivity index (χ1) is 8.16. The minimum Gasteiger partial charge on any atom is -0.391 e. The number of rotatable bonds is 2. The Morgan fingerprint density at radius 2 is 2.18 bits per heavy atom. The van der Waals surface area contributed by atoms with Gasteiger partial charge in [0, 0.05) is 6.20 Å². The third-order valence-electron chi connectivity index (χ3n) is 3.01. The first-order valence-corrected chi connectivity index (χ1v) is 5.76. The number of aliphatic hydroxyl groups excluding tert-OH is 1. The first kappa shape index (κ1) is 12.0. The molecule has 0 aromatic carbocycles. The van der Waals surface area contributed by atoms with E-state index in [1.54, 1.807) is 0 Å². The predicted molar refractivity (Wildman–Crippen MR) is 59.9 cm³/mol. The molecule has 2 N–H and O–H groups in total. The van der Waals surface area contributed by atoms with Gasteiger partial charge in [0.05, 0.1) is 23.9 Å². The van der Waals surface area contributed by atoms with E-state index in [0.29, 0.717) is 6.42 Å². The topological polar surface area (TPSA) is 62.2 Å². The molecule has 92 valence electrons. The van der Waals surface area contributed by atoms with E-state index in [-0.39, 0.29) is 17.5 Å². The van der Waals surface area contributed by atoms with Crippen LogP contribution < -0.4 is 5.32 Å². The smallest absolute Gasteiger partial charge is 0.253 e. The molecule has 0 radical (unpaired) electrons. The second-order valence-corrected chi connectivity index (χ2v) is 4.32. The SMILES string of the molecule is O=C(NC1CCCCC1O)c1cncc(F)c1. The third-order valence-corrected chi connectivity index (χ3v) is 3.01. The minimum atomic E-state index is -0.540. The van der Waals surface area contributed by atoms with Gasteiger partial charge in [0.15, 0.2) is 0 Å². The fraction of sp³-hybridized carbons (Fsp3) is 0.500. The zero-order valence-electron chi connectivity index (χ0n) is 9.40. The lowest BCUT2D eigenvalue weighted by Gasteiger charge is -2.28. The zero-order chi connectivity index (χ0) is 12.3. The van der Waals surface area contributed by atoms with E-state index in [9.17, 15) is 14.3 Å². The normalized spacial score (nSPS) is 24.4. The number of nitrogens with one attached hydrogen (secondary N) is 1. The summed E-state index contributed by atoms with van der Waals surface area (Å²) in [5.74, 6) is -0.926. The zero-order valence-corrected chi connectivity index (χ0v) is 9.40. The fourth-order valence-electron chi connectivity index (χ4n) is 2.07. The van der Waals surface area contributed by atoms with Gasteiger partial charge in [-0.15, -0.1) is 0 Å². The summed E-state index contributed by atoms with van der Waals surface area (Å²) in [4.78, 5) is 15.4. The predicted octanol–water partition coefficient (Wildman–Crippen LogP) is 1.25. The summed E-state index contributed by atoms with van der Waals surface area (Å²) < 4.78 is 12.9. The molecule has 2 rings (SSSR count).